The highest BCUT2D eigenvalue weighted by Crippen LogP contribution is 2.77. The number of hydrogen-bond donors (Lipinski definition) is 2. The van der Waals surface area contributed by atoms with Crippen LogP contribution in [0.15, 0.2) is 11.6 Å². The van der Waals surface area contributed by atoms with Gasteiger partial charge in [0.1, 0.15) is 11.9 Å². The number of carbonyl (C=O) groups is 3. The van der Waals surface area contributed by atoms with Crippen LogP contribution in [0.5, 0.6) is 0 Å². The van der Waals surface area contributed by atoms with E-state index in [2.05, 4.69) is 58.2 Å². The number of nitriles is 1. The summed E-state index contributed by atoms with van der Waals surface area (Å²) < 4.78 is 0. The van der Waals surface area contributed by atoms with E-state index in [-0.39, 0.29) is 62.3 Å². The van der Waals surface area contributed by atoms with Gasteiger partial charge in [-0.05, 0) is 83.9 Å². The van der Waals surface area contributed by atoms with Crippen molar-refractivity contribution in [3.05, 3.63) is 11.6 Å². The Kier molecular flexibility index (Phi) is 5.96. The SMILES string of the molecule is CNC(=O)N[C@]12CCC(C)(C)C[C@H]1[C@H]1C(=O)C[C@@H]3[C@@]4(C)C=C(C#N)C(=O)C(C)(C)[C@]4(C)CC[C@@]3(C)[C@]1(C)CC2. The van der Waals surface area contributed by atoms with E-state index < -0.39 is 10.8 Å². The van der Waals surface area contributed by atoms with Crippen molar-refractivity contribution >= 4 is 17.6 Å². The van der Waals surface area contributed by atoms with Gasteiger partial charge in [-0.2, -0.15) is 5.26 Å². The maximum absolute atomic E-state index is 14.6. The quantitative estimate of drug-likeness (QED) is 0.408. The van der Waals surface area contributed by atoms with Crippen LogP contribution < -0.4 is 10.6 Å². The molecule has 0 aromatic carbocycles. The average Bonchev–Trinajstić information content (AvgIpc) is 2.86. The lowest BCUT2D eigenvalue weighted by molar-refractivity contribution is -0.232. The Morgan fingerprint density at radius 1 is 0.923 bits per heavy atom. The first-order chi connectivity index (χ1) is 17.9. The van der Waals surface area contributed by atoms with Crippen molar-refractivity contribution in [1.82, 2.24) is 10.6 Å². The Morgan fingerprint density at radius 3 is 2.15 bits per heavy atom. The number of carbonyl (C=O) groups excluding carboxylic acids is 3. The summed E-state index contributed by atoms with van der Waals surface area (Å²) in [7, 11) is 1.66. The number of fused-ring (bicyclic) bond motifs is 7. The standard InChI is InChI=1S/C33H49N3O3/c1-27(2)10-14-33(36-26(39)35-9)15-12-30(6)24(21(33)18-27)22(37)16-23-29(30,5)11-13-32(8)28(3,4)25(38)20(19-34)17-31(23,32)7/h17,21,23-24H,10-16,18H2,1-9H3,(H2,35,36,39)/t21-,23-,24-,29+,30+,31+,32-,33-/m0/s1. The molecule has 0 heterocycles. The fourth-order valence-electron chi connectivity index (χ4n) is 10.9. The minimum absolute atomic E-state index is 0.0456. The van der Waals surface area contributed by atoms with Gasteiger partial charge in [-0.3, -0.25) is 9.59 Å². The van der Waals surface area contributed by atoms with Crippen molar-refractivity contribution < 1.29 is 14.4 Å². The maximum atomic E-state index is 14.6. The molecule has 2 N–H and O–H groups in total. The molecule has 0 aromatic rings. The number of urea groups is 1. The van der Waals surface area contributed by atoms with Gasteiger partial charge in [0.15, 0.2) is 5.78 Å². The predicted octanol–water partition coefficient (Wildman–Crippen LogP) is 6.36. The second-order valence-electron chi connectivity index (χ2n) is 16.1. The number of nitrogens with one attached hydrogen (secondary N) is 2. The predicted molar refractivity (Wildman–Crippen MR) is 151 cm³/mol. The molecule has 214 valence electrons. The van der Waals surface area contributed by atoms with Crippen LogP contribution in [0, 0.1) is 61.6 Å². The molecule has 0 bridgehead atoms. The second-order valence-corrected chi connectivity index (χ2v) is 16.1. The molecule has 4 fully saturated rings. The van der Waals surface area contributed by atoms with Gasteiger partial charge in [-0.25, -0.2) is 4.79 Å². The molecule has 8 atom stereocenters. The first-order valence-corrected chi connectivity index (χ1v) is 15.1. The summed E-state index contributed by atoms with van der Waals surface area (Å²) >= 11 is 0. The van der Waals surface area contributed by atoms with E-state index in [0.717, 1.165) is 44.9 Å². The average molecular weight is 536 g/mol. The van der Waals surface area contributed by atoms with E-state index in [1.807, 2.05) is 19.9 Å². The molecule has 6 nitrogen and oxygen atoms in total. The third-order valence-electron chi connectivity index (χ3n) is 14.1. The van der Waals surface area contributed by atoms with E-state index in [0.29, 0.717) is 12.2 Å². The molecule has 0 saturated heterocycles. The monoisotopic (exact) mass is 535 g/mol. The lowest BCUT2D eigenvalue weighted by Gasteiger charge is -2.74. The molecule has 4 saturated carbocycles. The Balaban J connectivity index is 1.65. The van der Waals surface area contributed by atoms with Gasteiger partial charge in [-0.1, -0.05) is 61.5 Å². The number of rotatable bonds is 1. The Labute approximate surface area is 235 Å². The molecular weight excluding hydrogens is 486 g/mol. The molecule has 0 aliphatic heterocycles. The molecule has 2 amide bonds. The zero-order valence-corrected chi connectivity index (χ0v) is 25.6. The van der Waals surface area contributed by atoms with E-state index >= 15 is 0 Å². The topological polar surface area (TPSA) is 99.1 Å². The summed E-state index contributed by atoms with van der Waals surface area (Å²) in [5, 5.41) is 16.1. The van der Waals surface area contributed by atoms with E-state index in [9.17, 15) is 19.6 Å². The highest BCUT2D eigenvalue weighted by Gasteiger charge is 2.74. The minimum atomic E-state index is -0.684. The molecule has 5 aliphatic rings. The van der Waals surface area contributed by atoms with Gasteiger partial charge >= 0.3 is 6.03 Å². The molecule has 39 heavy (non-hydrogen) atoms. The Bertz CT molecular complexity index is 1210. The molecule has 0 aromatic heterocycles. The van der Waals surface area contributed by atoms with E-state index in [4.69, 9.17) is 0 Å². The van der Waals surface area contributed by atoms with Crippen LogP contribution in [0.4, 0.5) is 4.79 Å². The lowest BCUT2D eigenvalue weighted by Crippen LogP contribution is -2.73. The normalized spacial score (nSPS) is 47.8. The third kappa shape index (κ3) is 3.34. The number of nitrogens with zero attached hydrogens (tertiary/aromatic N) is 1. The van der Waals surface area contributed by atoms with Crippen LogP contribution in [0.2, 0.25) is 0 Å². The second kappa shape index (κ2) is 8.20. The van der Waals surface area contributed by atoms with Crippen molar-refractivity contribution in [2.24, 2.45) is 50.2 Å². The largest absolute Gasteiger partial charge is 0.341 e. The number of ketones is 2. The van der Waals surface area contributed by atoms with Crippen molar-refractivity contribution in [2.75, 3.05) is 7.05 Å². The number of hydrogen-bond acceptors (Lipinski definition) is 4. The zero-order chi connectivity index (χ0) is 29.0. The van der Waals surface area contributed by atoms with Crippen molar-refractivity contribution in [3.63, 3.8) is 0 Å². The fourth-order valence-corrected chi connectivity index (χ4v) is 10.9. The number of allylic oxidation sites excluding steroid dienone is 2. The van der Waals surface area contributed by atoms with Crippen LogP contribution in [0.25, 0.3) is 0 Å². The van der Waals surface area contributed by atoms with E-state index in [1.165, 1.54) is 0 Å². The molecule has 0 spiro atoms. The van der Waals surface area contributed by atoms with Crippen LogP contribution in [-0.4, -0.2) is 30.2 Å². The molecule has 0 radical (unpaired) electrons. The van der Waals surface area contributed by atoms with Gasteiger partial charge in [0.2, 0.25) is 0 Å². The van der Waals surface area contributed by atoms with Crippen LogP contribution in [0.1, 0.15) is 107 Å². The number of Topliss-reactive ketones (excluding diaryl/α,β-unsaturated/α-hetero) is 2. The van der Waals surface area contributed by atoms with Gasteiger partial charge in [0.05, 0.1) is 5.57 Å². The van der Waals surface area contributed by atoms with Gasteiger partial charge < -0.3 is 10.6 Å². The van der Waals surface area contributed by atoms with Crippen molar-refractivity contribution in [1.29, 1.82) is 5.26 Å². The molecule has 6 heteroatoms. The summed E-state index contributed by atoms with van der Waals surface area (Å²) in [5.41, 5.74) is -1.83. The zero-order valence-electron chi connectivity index (χ0n) is 25.6. The van der Waals surface area contributed by atoms with Crippen LogP contribution in [0.3, 0.4) is 0 Å². The van der Waals surface area contributed by atoms with Crippen LogP contribution >= 0.6 is 0 Å². The van der Waals surface area contributed by atoms with Crippen molar-refractivity contribution in [2.45, 2.75) is 112 Å². The van der Waals surface area contributed by atoms with Crippen molar-refractivity contribution in [3.8, 4) is 6.07 Å². The molecular formula is C33H49N3O3. The minimum Gasteiger partial charge on any atom is -0.341 e. The Hall–Kier alpha value is -2.16. The fraction of sp³-hybridized carbons (Fsp3) is 0.818. The highest BCUT2D eigenvalue weighted by molar-refractivity contribution is 6.04. The molecule has 0 unspecified atom stereocenters. The third-order valence-corrected chi connectivity index (χ3v) is 14.1. The summed E-state index contributed by atoms with van der Waals surface area (Å²) in [5.74, 6) is 0.279. The maximum Gasteiger partial charge on any atom is 0.314 e. The highest BCUT2D eigenvalue weighted by atomic mass is 16.2. The smallest absolute Gasteiger partial charge is 0.314 e. The summed E-state index contributed by atoms with van der Waals surface area (Å²) in [6, 6.07) is 2.07. The Morgan fingerprint density at radius 2 is 1.54 bits per heavy atom. The number of amides is 2. The molecule has 5 rings (SSSR count). The summed E-state index contributed by atoms with van der Waals surface area (Å²) in [4.78, 5) is 40.8. The lowest BCUT2D eigenvalue weighted by atomic mass is 9.29. The van der Waals surface area contributed by atoms with E-state index in [1.54, 1.807) is 7.05 Å². The van der Waals surface area contributed by atoms with Crippen LogP contribution in [-0.2, 0) is 9.59 Å². The molecule has 5 aliphatic carbocycles. The first-order valence-electron chi connectivity index (χ1n) is 15.1. The van der Waals surface area contributed by atoms with Gasteiger partial charge in [0, 0.05) is 30.3 Å². The first kappa shape index (κ1) is 28.4. The summed E-state index contributed by atoms with van der Waals surface area (Å²) in [6.45, 7) is 17.9. The summed E-state index contributed by atoms with van der Waals surface area (Å²) in [6.07, 6.45) is 8.92. The van der Waals surface area contributed by atoms with Gasteiger partial charge in [0.25, 0.3) is 0 Å². The van der Waals surface area contributed by atoms with Gasteiger partial charge in [-0.15, -0.1) is 0 Å².